The third-order valence-corrected chi connectivity index (χ3v) is 3.60. The van der Waals surface area contributed by atoms with Gasteiger partial charge in [-0.3, -0.25) is 4.99 Å². The maximum Gasteiger partial charge on any atom is 0.416 e. The summed E-state index contributed by atoms with van der Waals surface area (Å²) in [6.45, 7) is 4.01. The Bertz CT molecular complexity index is 696. The van der Waals surface area contributed by atoms with Crippen LogP contribution in [-0.4, -0.2) is 25.5 Å². The Hall–Kier alpha value is -1.93. The van der Waals surface area contributed by atoms with Crippen molar-refractivity contribution in [3.63, 3.8) is 0 Å². The van der Waals surface area contributed by atoms with Crippen LogP contribution in [0.5, 0.6) is 5.75 Å². The van der Waals surface area contributed by atoms with Crippen molar-refractivity contribution in [3.8, 4) is 5.75 Å². The van der Waals surface area contributed by atoms with Crippen LogP contribution in [0, 0.1) is 0 Å². The molecule has 0 radical (unpaired) electrons. The second-order valence-electron chi connectivity index (χ2n) is 4.94. The molecular weight excluding hydrogens is 394 g/mol. The number of allylic oxidation sites excluding steroid dienone is 1. The molecule has 0 fully saturated rings. The van der Waals surface area contributed by atoms with E-state index in [9.17, 15) is 18.0 Å². The van der Waals surface area contributed by atoms with Crippen molar-refractivity contribution in [2.24, 2.45) is 4.99 Å². The Morgan fingerprint density at radius 1 is 1.27 bits per heavy atom. The Kier molecular flexibility index (Phi) is 8.23. The number of urea groups is 1. The fourth-order valence-electron chi connectivity index (χ4n) is 1.79. The lowest BCUT2D eigenvalue weighted by Gasteiger charge is -2.14. The third-order valence-electron chi connectivity index (χ3n) is 3.04. The predicted molar refractivity (Wildman–Crippen MR) is 96.0 cm³/mol. The van der Waals surface area contributed by atoms with Crippen molar-refractivity contribution in [1.82, 2.24) is 10.6 Å². The van der Waals surface area contributed by atoms with Gasteiger partial charge >= 0.3 is 12.2 Å². The fraction of sp³-hybridized carbons (Fsp3) is 0.375. The Morgan fingerprint density at radius 2 is 1.85 bits per heavy atom. The number of ether oxygens (including phenoxy) is 1. The minimum absolute atomic E-state index is 0.0159. The van der Waals surface area contributed by atoms with Gasteiger partial charge < -0.3 is 15.4 Å². The highest BCUT2D eigenvalue weighted by Gasteiger charge is 2.32. The van der Waals surface area contributed by atoms with Crippen molar-refractivity contribution >= 4 is 35.1 Å². The number of halogens is 5. The van der Waals surface area contributed by atoms with Gasteiger partial charge in [0.2, 0.25) is 5.90 Å². The van der Waals surface area contributed by atoms with Crippen molar-refractivity contribution in [1.29, 1.82) is 0 Å². The summed E-state index contributed by atoms with van der Waals surface area (Å²) in [6.07, 6.45) is -2.70. The summed E-state index contributed by atoms with van der Waals surface area (Å²) in [4.78, 5) is 15.5. The number of alkyl halides is 3. The van der Waals surface area contributed by atoms with Crippen molar-refractivity contribution < 1.29 is 22.7 Å². The zero-order valence-electron chi connectivity index (χ0n) is 14.3. The molecule has 1 rings (SSSR count). The summed E-state index contributed by atoms with van der Waals surface area (Å²) >= 11 is 11.7. The standard InChI is InChI=1S/C16H18Cl2F3N3O2/c1-4-10(24-15(25)23-5-2)8-13(22-3)26-14-11(17)6-9(7-12(14)18)16(19,20)21/h6-8H,4-5H2,1-3H3,(H2,23,24,25)/b10-8-,22-13+. The summed E-state index contributed by atoms with van der Waals surface area (Å²) in [5.74, 6) is -0.145. The number of nitrogens with one attached hydrogen (secondary N) is 2. The monoisotopic (exact) mass is 411 g/mol. The molecule has 10 heteroatoms. The number of rotatable bonds is 5. The molecule has 2 N–H and O–H groups in total. The number of carbonyl (C=O) groups is 1. The summed E-state index contributed by atoms with van der Waals surface area (Å²) < 4.78 is 43.8. The second kappa shape index (κ2) is 9.68. The topological polar surface area (TPSA) is 62.7 Å². The van der Waals surface area contributed by atoms with Gasteiger partial charge in [-0.05, 0) is 25.5 Å². The normalized spacial score (nSPS) is 12.8. The van der Waals surface area contributed by atoms with Gasteiger partial charge in [0.25, 0.3) is 0 Å². The summed E-state index contributed by atoms with van der Waals surface area (Å²) in [6, 6.07) is 1.03. The first-order chi connectivity index (χ1) is 12.1. The first kappa shape index (κ1) is 22.1. The fourth-order valence-corrected chi connectivity index (χ4v) is 2.36. The van der Waals surface area contributed by atoms with E-state index in [0.29, 0.717) is 30.8 Å². The zero-order valence-corrected chi connectivity index (χ0v) is 15.8. The van der Waals surface area contributed by atoms with Crippen LogP contribution in [0.1, 0.15) is 25.8 Å². The smallest absolute Gasteiger partial charge is 0.416 e. The van der Waals surface area contributed by atoms with Crippen LogP contribution in [0.4, 0.5) is 18.0 Å². The first-order valence-corrected chi connectivity index (χ1v) is 8.34. The van der Waals surface area contributed by atoms with E-state index in [1.165, 1.54) is 13.1 Å². The molecule has 0 aliphatic carbocycles. The van der Waals surface area contributed by atoms with Gasteiger partial charge in [0.15, 0.2) is 5.75 Å². The minimum atomic E-state index is -4.58. The van der Waals surface area contributed by atoms with Crippen molar-refractivity contribution in [2.75, 3.05) is 13.6 Å². The Morgan fingerprint density at radius 3 is 2.27 bits per heavy atom. The number of aliphatic imine (C=N–C) groups is 1. The highest BCUT2D eigenvalue weighted by atomic mass is 35.5. The van der Waals surface area contributed by atoms with E-state index in [0.717, 1.165) is 0 Å². The number of hydrogen-bond donors (Lipinski definition) is 2. The molecule has 2 amide bonds. The van der Waals surface area contributed by atoms with E-state index in [-0.39, 0.29) is 21.7 Å². The van der Waals surface area contributed by atoms with E-state index in [2.05, 4.69) is 15.6 Å². The summed E-state index contributed by atoms with van der Waals surface area (Å²) in [5, 5.41) is 4.56. The van der Waals surface area contributed by atoms with Gasteiger partial charge in [-0.25, -0.2) is 4.79 Å². The SMILES string of the molecule is CCNC(=O)N/C(=C\C(=N/C)Oc1c(Cl)cc(C(F)(F)F)cc1Cl)CC. The van der Waals surface area contributed by atoms with Crippen LogP contribution >= 0.6 is 23.2 Å². The molecule has 0 aliphatic heterocycles. The lowest BCUT2D eigenvalue weighted by molar-refractivity contribution is -0.137. The van der Waals surface area contributed by atoms with Crippen LogP contribution in [-0.2, 0) is 6.18 Å². The summed E-state index contributed by atoms with van der Waals surface area (Å²) in [5.41, 5.74) is -0.506. The number of amides is 2. The lowest BCUT2D eigenvalue weighted by atomic mass is 10.2. The zero-order chi connectivity index (χ0) is 19.9. The number of benzene rings is 1. The van der Waals surface area contributed by atoms with E-state index in [1.807, 2.05) is 0 Å². The lowest BCUT2D eigenvalue weighted by Crippen LogP contribution is -2.34. The molecule has 0 spiro atoms. The Labute approximate surface area is 159 Å². The van der Waals surface area contributed by atoms with E-state index in [4.69, 9.17) is 27.9 Å². The third kappa shape index (κ3) is 6.42. The van der Waals surface area contributed by atoms with Crippen molar-refractivity contribution in [2.45, 2.75) is 26.4 Å². The molecule has 5 nitrogen and oxygen atoms in total. The highest BCUT2D eigenvalue weighted by Crippen LogP contribution is 2.40. The van der Waals surface area contributed by atoms with Gasteiger partial charge in [0.05, 0.1) is 15.6 Å². The van der Waals surface area contributed by atoms with Gasteiger partial charge in [0.1, 0.15) is 0 Å². The molecule has 0 aromatic heterocycles. The highest BCUT2D eigenvalue weighted by molar-refractivity contribution is 6.37. The minimum Gasteiger partial charge on any atom is -0.436 e. The molecule has 144 valence electrons. The molecule has 1 aromatic carbocycles. The number of carbonyl (C=O) groups excluding carboxylic acids is 1. The maximum absolute atomic E-state index is 12.8. The van der Waals surface area contributed by atoms with Gasteiger partial charge in [0, 0.05) is 25.4 Å². The Balaban J connectivity index is 3.08. The van der Waals surface area contributed by atoms with E-state index < -0.39 is 17.8 Å². The van der Waals surface area contributed by atoms with Crippen LogP contribution in [0.3, 0.4) is 0 Å². The second-order valence-corrected chi connectivity index (χ2v) is 5.75. The van der Waals surface area contributed by atoms with Crippen LogP contribution < -0.4 is 15.4 Å². The average molecular weight is 412 g/mol. The van der Waals surface area contributed by atoms with Gasteiger partial charge in [-0.15, -0.1) is 0 Å². The molecule has 0 unspecified atom stereocenters. The van der Waals surface area contributed by atoms with Gasteiger partial charge in [-0.1, -0.05) is 30.1 Å². The number of hydrogen-bond acceptors (Lipinski definition) is 3. The number of nitrogens with zero attached hydrogens (tertiary/aromatic N) is 1. The average Bonchev–Trinajstić information content (AvgIpc) is 2.55. The largest absolute Gasteiger partial charge is 0.436 e. The molecule has 26 heavy (non-hydrogen) atoms. The van der Waals surface area contributed by atoms with Gasteiger partial charge in [-0.2, -0.15) is 13.2 Å². The first-order valence-electron chi connectivity index (χ1n) is 7.58. The quantitative estimate of drug-likeness (QED) is 0.526. The molecule has 0 bridgehead atoms. The van der Waals surface area contributed by atoms with Crippen LogP contribution in [0.25, 0.3) is 0 Å². The van der Waals surface area contributed by atoms with E-state index in [1.54, 1.807) is 13.8 Å². The predicted octanol–water partition coefficient (Wildman–Crippen LogP) is 5.03. The molecule has 0 atom stereocenters. The molecule has 1 aromatic rings. The summed E-state index contributed by atoms with van der Waals surface area (Å²) in [7, 11) is 1.41. The molecule has 0 saturated carbocycles. The maximum atomic E-state index is 12.8. The van der Waals surface area contributed by atoms with Crippen molar-refractivity contribution in [3.05, 3.63) is 39.5 Å². The van der Waals surface area contributed by atoms with E-state index >= 15 is 0 Å². The molecule has 0 aliphatic rings. The molecular formula is C16H18Cl2F3N3O2. The van der Waals surface area contributed by atoms with Crippen LogP contribution in [0.15, 0.2) is 28.9 Å². The molecule has 0 heterocycles. The molecule has 0 saturated heterocycles. The van der Waals surface area contributed by atoms with Crippen LogP contribution in [0.2, 0.25) is 10.0 Å².